The fraction of sp³-hybridized carbons (Fsp3) is 0.435. The van der Waals surface area contributed by atoms with Gasteiger partial charge in [0.05, 0.1) is 50.1 Å². The first kappa shape index (κ1) is 42.1. The van der Waals surface area contributed by atoms with Crippen molar-refractivity contribution in [2.24, 2.45) is 23.7 Å². The van der Waals surface area contributed by atoms with Gasteiger partial charge in [-0.3, -0.25) is 14.9 Å². The number of methoxy groups -OCH3 is 2. The first-order valence-corrected chi connectivity index (χ1v) is 20.8. The highest BCUT2D eigenvalue weighted by Crippen LogP contribution is 2.38. The Kier molecular flexibility index (Phi) is 12.1. The summed E-state index contributed by atoms with van der Waals surface area (Å²) in [5, 5.41) is 11.1. The van der Waals surface area contributed by atoms with Crippen molar-refractivity contribution in [3.8, 4) is 33.6 Å². The Balaban J connectivity index is 1.07. The molecule has 5 N–H and O–H groups in total. The number of carbonyl (C=O) groups is 4. The summed E-state index contributed by atoms with van der Waals surface area (Å²) >= 11 is 0. The molecule has 2 aromatic heterocycles. The number of aromatic nitrogens is 4. The van der Waals surface area contributed by atoms with Gasteiger partial charge in [0.1, 0.15) is 23.2 Å². The first-order chi connectivity index (χ1) is 28.7. The number of fused-ring (bicyclic) bond motifs is 1. The van der Waals surface area contributed by atoms with Gasteiger partial charge in [-0.15, -0.1) is 0 Å². The second-order valence-corrected chi connectivity index (χ2v) is 17.2. The van der Waals surface area contributed by atoms with Crippen LogP contribution in [0.15, 0.2) is 73.1 Å². The molecule has 7 rings (SSSR count). The number of likely N-dealkylation sites (tertiary alicyclic amines) is 1. The number of hydrogen-bond acceptors (Lipinski definition) is 9. The van der Waals surface area contributed by atoms with Crippen molar-refractivity contribution < 1.29 is 28.7 Å². The molecule has 14 nitrogen and oxygen atoms in total. The van der Waals surface area contributed by atoms with Gasteiger partial charge in [-0.1, -0.05) is 90.1 Å². The summed E-state index contributed by atoms with van der Waals surface area (Å²) in [6, 6.07) is 19.3. The maximum atomic E-state index is 14.2. The van der Waals surface area contributed by atoms with Gasteiger partial charge < -0.3 is 35.0 Å². The molecule has 3 aromatic carbocycles. The molecule has 4 heterocycles. The van der Waals surface area contributed by atoms with Crippen LogP contribution < -0.4 is 16.0 Å². The lowest BCUT2D eigenvalue weighted by Gasteiger charge is -2.32. The number of rotatable bonds is 12. The Morgan fingerprint density at radius 3 is 1.92 bits per heavy atom. The monoisotopic (exact) mass is 816 g/mol. The molecule has 2 saturated heterocycles. The zero-order valence-electron chi connectivity index (χ0n) is 35.6. The van der Waals surface area contributed by atoms with E-state index in [1.807, 2.05) is 38.8 Å². The standard InChI is InChI=1S/C46H56N8O6/c1-25(2)38(52-44(57)59-7)40(55)46(20-28(6)21-49-46)43-48-23-36(51-43)34-16-15-32-18-31(13-14-33(32)19-34)29-9-11-30(12-10-29)35-22-47-41(50-35)37-17-27(5)24-54(37)42(56)39(26(3)4)53-45(58)60-8/h9-16,18-19,22-23,25-28,37-39,49H,17,20-21,24H2,1-8H3,(H,47,50)(H,48,51)(H,52,57)(H,53,58)/t27-,28-,37-,38-,39-,46+/m0/s1. The van der Waals surface area contributed by atoms with Crippen LogP contribution >= 0.6 is 0 Å². The number of alkyl carbamates (subject to hydrolysis) is 2. The van der Waals surface area contributed by atoms with Gasteiger partial charge >= 0.3 is 12.2 Å². The van der Waals surface area contributed by atoms with Gasteiger partial charge in [-0.25, -0.2) is 19.6 Å². The predicted molar refractivity (Wildman–Crippen MR) is 230 cm³/mol. The summed E-state index contributed by atoms with van der Waals surface area (Å²) in [4.78, 5) is 70.4. The average molecular weight is 817 g/mol. The molecular weight excluding hydrogens is 761 g/mol. The molecule has 14 heteroatoms. The molecule has 0 radical (unpaired) electrons. The van der Waals surface area contributed by atoms with Crippen LogP contribution in [-0.4, -0.2) is 88.1 Å². The van der Waals surface area contributed by atoms with Crippen molar-refractivity contribution in [2.75, 3.05) is 27.3 Å². The molecule has 6 atom stereocenters. The number of nitrogens with one attached hydrogen (secondary N) is 5. The molecule has 0 bridgehead atoms. The van der Waals surface area contributed by atoms with E-state index < -0.39 is 29.8 Å². The van der Waals surface area contributed by atoms with Crippen molar-refractivity contribution in [3.05, 3.63) is 84.7 Å². The van der Waals surface area contributed by atoms with E-state index in [2.05, 4.69) is 100 Å². The van der Waals surface area contributed by atoms with Crippen molar-refractivity contribution in [1.29, 1.82) is 0 Å². The second-order valence-electron chi connectivity index (χ2n) is 17.2. The van der Waals surface area contributed by atoms with Crippen molar-refractivity contribution in [1.82, 2.24) is 40.8 Å². The molecule has 0 saturated carbocycles. The van der Waals surface area contributed by atoms with Gasteiger partial charge in [0, 0.05) is 12.1 Å². The SMILES string of the molecule is COC(=O)N[C@H](C(=O)N1C[C@@H](C)C[C@H]1c1ncc(-c2ccc(-c3ccc4cc(-c5cnc([C@]6(C(=O)[C@@H](NC(=O)OC)C(C)C)C[C@H](C)CN6)[nH]5)ccc4c3)cc2)[nH]1)C(C)C. The maximum Gasteiger partial charge on any atom is 0.407 e. The van der Waals surface area contributed by atoms with Gasteiger partial charge in [-0.05, 0) is 82.7 Å². The van der Waals surface area contributed by atoms with Crippen molar-refractivity contribution >= 4 is 34.6 Å². The number of H-pyrrole nitrogens is 2. The minimum atomic E-state index is -1.08. The molecular formula is C46H56N8O6. The summed E-state index contributed by atoms with van der Waals surface area (Å²) < 4.78 is 9.62. The maximum absolute atomic E-state index is 14.2. The lowest BCUT2D eigenvalue weighted by molar-refractivity contribution is -0.135. The minimum absolute atomic E-state index is 0.116. The third-order valence-corrected chi connectivity index (χ3v) is 12.0. The Bertz CT molecular complexity index is 2370. The number of ketones is 1. The van der Waals surface area contributed by atoms with E-state index in [4.69, 9.17) is 19.4 Å². The van der Waals surface area contributed by atoms with Crippen LogP contribution in [0.5, 0.6) is 0 Å². The molecule has 2 aliphatic rings. The quantitative estimate of drug-likeness (QED) is 0.0860. The highest BCUT2D eigenvalue weighted by molar-refractivity contribution is 5.96. The number of amides is 3. The van der Waals surface area contributed by atoms with Crippen LogP contribution in [0.3, 0.4) is 0 Å². The number of carbonyl (C=O) groups excluding carboxylic acids is 4. The topological polar surface area (TPSA) is 183 Å². The number of benzene rings is 3. The van der Waals surface area contributed by atoms with Crippen molar-refractivity contribution in [2.45, 2.75) is 78.0 Å². The van der Waals surface area contributed by atoms with Crippen LogP contribution in [-0.2, 0) is 24.6 Å². The summed E-state index contributed by atoms with van der Waals surface area (Å²) in [5.74, 6) is 1.20. The number of ether oxygens (including phenoxy) is 2. The number of hydrogen-bond donors (Lipinski definition) is 5. The molecule has 2 fully saturated rings. The van der Waals surface area contributed by atoms with Gasteiger partial charge in [0.15, 0.2) is 5.78 Å². The number of Topliss-reactive ketones (excluding diaryl/α,β-unsaturated/α-hetero) is 1. The van der Waals surface area contributed by atoms with Crippen LogP contribution in [0.1, 0.15) is 72.1 Å². The van der Waals surface area contributed by atoms with E-state index in [1.54, 1.807) is 6.20 Å². The van der Waals surface area contributed by atoms with Crippen LogP contribution in [0.2, 0.25) is 0 Å². The van der Waals surface area contributed by atoms with Crippen LogP contribution in [0, 0.1) is 23.7 Å². The summed E-state index contributed by atoms with van der Waals surface area (Å²) in [6.45, 7) is 13.1. The molecule has 3 amide bonds. The zero-order chi connectivity index (χ0) is 42.9. The summed E-state index contributed by atoms with van der Waals surface area (Å²) in [7, 11) is 2.58. The van der Waals surface area contributed by atoms with Crippen LogP contribution in [0.4, 0.5) is 9.59 Å². The predicted octanol–water partition coefficient (Wildman–Crippen LogP) is 7.35. The largest absolute Gasteiger partial charge is 0.453 e. The van der Waals surface area contributed by atoms with Crippen molar-refractivity contribution in [3.63, 3.8) is 0 Å². The smallest absolute Gasteiger partial charge is 0.407 e. The Morgan fingerprint density at radius 1 is 0.733 bits per heavy atom. The molecule has 0 aliphatic carbocycles. The van der Waals surface area contributed by atoms with E-state index in [0.29, 0.717) is 25.3 Å². The average Bonchev–Trinajstić information content (AvgIpc) is 4.08. The first-order valence-electron chi connectivity index (χ1n) is 20.8. The molecule has 0 spiro atoms. The Hall–Kier alpha value is -6.02. The third-order valence-electron chi connectivity index (χ3n) is 12.0. The molecule has 0 unspecified atom stereocenters. The summed E-state index contributed by atoms with van der Waals surface area (Å²) in [5.41, 5.74) is 4.63. The summed E-state index contributed by atoms with van der Waals surface area (Å²) in [6.07, 6.45) is 3.62. The van der Waals surface area contributed by atoms with E-state index in [-0.39, 0.29) is 41.4 Å². The van der Waals surface area contributed by atoms with E-state index in [0.717, 1.165) is 56.7 Å². The second kappa shape index (κ2) is 17.3. The molecule has 316 valence electrons. The van der Waals surface area contributed by atoms with E-state index >= 15 is 0 Å². The highest BCUT2D eigenvalue weighted by atomic mass is 16.5. The number of nitrogens with zero attached hydrogens (tertiary/aromatic N) is 3. The number of aromatic amines is 2. The third kappa shape index (κ3) is 8.38. The zero-order valence-corrected chi connectivity index (χ0v) is 35.6. The van der Waals surface area contributed by atoms with E-state index in [9.17, 15) is 19.2 Å². The van der Waals surface area contributed by atoms with Gasteiger partial charge in [0.2, 0.25) is 5.91 Å². The Labute approximate surface area is 350 Å². The minimum Gasteiger partial charge on any atom is -0.453 e. The molecule has 2 aliphatic heterocycles. The molecule has 60 heavy (non-hydrogen) atoms. The normalized spacial score (nSPS) is 21.3. The fourth-order valence-corrected chi connectivity index (χ4v) is 8.69. The van der Waals surface area contributed by atoms with E-state index in [1.165, 1.54) is 14.2 Å². The molecule has 5 aromatic rings. The lowest BCUT2D eigenvalue weighted by atomic mass is 9.81. The highest BCUT2D eigenvalue weighted by Gasteiger charge is 2.51. The fourth-order valence-electron chi connectivity index (χ4n) is 8.69. The van der Waals surface area contributed by atoms with Gasteiger partial charge in [0.25, 0.3) is 0 Å². The lowest BCUT2D eigenvalue weighted by Crippen LogP contribution is -2.57. The number of imidazole rings is 2. The Morgan fingerprint density at radius 2 is 1.30 bits per heavy atom. The van der Waals surface area contributed by atoms with Crippen LogP contribution in [0.25, 0.3) is 44.4 Å². The van der Waals surface area contributed by atoms with Gasteiger partial charge in [-0.2, -0.15) is 0 Å².